The Morgan fingerprint density at radius 3 is 1.14 bits per heavy atom. The summed E-state index contributed by atoms with van der Waals surface area (Å²) in [7, 11) is -4.47. The van der Waals surface area contributed by atoms with Crippen LogP contribution in [-0.2, 0) is 63.5 Å². The minimum Gasteiger partial charge on any atom is -0.316 e. The molecule has 6 aliphatic heterocycles. The third-order valence-electron chi connectivity index (χ3n) is 33.5. The molecule has 0 fully saturated rings. The summed E-state index contributed by atoms with van der Waals surface area (Å²) in [5.41, 5.74) is 36.8. The van der Waals surface area contributed by atoms with Crippen LogP contribution in [0.3, 0.4) is 0 Å². The lowest BCUT2D eigenvalue weighted by Crippen LogP contribution is -2.71. The summed E-state index contributed by atoms with van der Waals surface area (Å²) in [6.07, 6.45) is 16.8. The Kier molecular flexibility index (Phi) is 19.1. The number of aryl methyl sites for hydroxylation is 10. The van der Waals surface area contributed by atoms with E-state index >= 15 is 0 Å². The van der Waals surface area contributed by atoms with Crippen molar-refractivity contribution in [1.29, 1.82) is 0 Å². The smallest absolute Gasteiger partial charge is 0.173 e. The van der Waals surface area contributed by atoms with Crippen molar-refractivity contribution in [3.8, 4) is 11.1 Å². The molecule has 35 rings (SSSR count). The lowest BCUT2D eigenvalue weighted by molar-refractivity contribution is 0.845. The number of pyridine rings is 9. The van der Waals surface area contributed by atoms with Gasteiger partial charge in [-0.15, -0.1) is 0 Å². The Bertz CT molecular complexity index is 10000. The van der Waals surface area contributed by atoms with E-state index in [0.717, 1.165) is 69.0 Å². The molecule has 9 nitrogen and oxygen atoms in total. The summed E-state index contributed by atoms with van der Waals surface area (Å²) in [4.78, 5) is 13.7. The monoisotopic (exact) mass is 1900 g/mol. The lowest BCUT2D eigenvalue weighted by atomic mass is 9.89. The number of fused-ring (bicyclic) bond motifs is 18. The van der Waals surface area contributed by atoms with Crippen LogP contribution in [0.15, 0.2) is 443 Å². The zero-order valence-electron chi connectivity index (χ0n) is 81.2. The number of nitrogens with zero attached hydrogens (tertiary/aromatic N) is 9. The number of rotatable bonds is 5. The Morgan fingerprint density at radius 1 is 0.219 bits per heavy atom. The SMILES string of the molecule is Cc1cccc(C)c1-c1cc2c3c(c1)c1ccccc1c1ccc(n13)CC2.c1ccc([Si]2(c3ccccc3)Cc3ccc4c5ccccc5c5cccc2c5n34)cc1.c1ccc([Si]2(c3ccccc3)Cc3cccc4c5ccccc5c5ccc2n5c34)cc1.c1ccc2c(c1)c1ccnc3c1n1c(ccc21)CC3.c1ccc2c(c1)c1cncc3c1n1c(ccc21)CC3.c1ccc2c(c1)c1nccc3c1n1c(ccc21)CC3. The van der Waals surface area contributed by atoms with Gasteiger partial charge in [0, 0.05) is 123 Å². The van der Waals surface area contributed by atoms with Crippen molar-refractivity contribution in [2.75, 3.05) is 0 Å². The molecule has 0 unspecified atom stereocenters. The molecule has 0 atom stereocenters. The number of para-hydroxylation sites is 2. The number of benzene rings is 14. The van der Waals surface area contributed by atoms with E-state index in [9.17, 15) is 0 Å². The highest BCUT2D eigenvalue weighted by atomic mass is 28.3. The van der Waals surface area contributed by atoms with Crippen molar-refractivity contribution in [1.82, 2.24) is 41.4 Å². The third-order valence-corrected chi connectivity index (χ3v) is 43.2. The Labute approximate surface area is 845 Å². The van der Waals surface area contributed by atoms with E-state index in [1.807, 2.05) is 24.8 Å². The van der Waals surface area contributed by atoms with Crippen LogP contribution >= 0.6 is 0 Å². The summed E-state index contributed by atoms with van der Waals surface area (Å²) < 4.78 is 14.9. The molecule has 29 aromatic rings. The lowest BCUT2D eigenvalue weighted by Gasteiger charge is -2.38. The molecule has 6 aliphatic rings. The Hall–Kier alpha value is -17.4. The Morgan fingerprint density at radius 2 is 0.596 bits per heavy atom. The molecule has 11 heteroatoms. The van der Waals surface area contributed by atoms with E-state index in [1.54, 1.807) is 0 Å². The van der Waals surface area contributed by atoms with Crippen LogP contribution in [0, 0.1) is 13.8 Å². The molecule has 0 saturated carbocycles. The van der Waals surface area contributed by atoms with Crippen LogP contribution in [0.1, 0.15) is 67.5 Å². The van der Waals surface area contributed by atoms with Gasteiger partial charge in [-0.1, -0.05) is 322 Å². The Balaban J connectivity index is 0.0000000822. The van der Waals surface area contributed by atoms with Crippen molar-refractivity contribution >= 4 is 211 Å². The molecule has 146 heavy (non-hydrogen) atoms. The molecule has 0 N–H and O–H groups in total. The quantitative estimate of drug-likeness (QED) is 0.127. The number of aromatic nitrogens is 9. The van der Waals surface area contributed by atoms with Gasteiger partial charge in [0.2, 0.25) is 0 Å². The van der Waals surface area contributed by atoms with Crippen LogP contribution in [-0.4, -0.2) is 57.5 Å². The molecule has 0 aliphatic carbocycles. The first-order valence-electron chi connectivity index (χ1n) is 51.8. The summed E-state index contributed by atoms with van der Waals surface area (Å²) in [5, 5.41) is 31.6. The maximum Gasteiger partial charge on any atom is 0.173 e. The second-order valence-electron chi connectivity index (χ2n) is 40.9. The van der Waals surface area contributed by atoms with E-state index in [4.69, 9.17) is 0 Å². The summed E-state index contributed by atoms with van der Waals surface area (Å²) >= 11 is 0. The van der Waals surface area contributed by atoms with E-state index in [1.165, 1.54) is 268 Å². The van der Waals surface area contributed by atoms with Gasteiger partial charge < -0.3 is 26.4 Å². The summed E-state index contributed by atoms with van der Waals surface area (Å²) in [5.74, 6) is 0. The summed E-state index contributed by atoms with van der Waals surface area (Å²) in [6, 6.07) is 157. The van der Waals surface area contributed by atoms with Gasteiger partial charge >= 0.3 is 0 Å². The van der Waals surface area contributed by atoms with Gasteiger partial charge in [-0.2, -0.15) is 0 Å². The van der Waals surface area contributed by atoms with Crippen LogP contribution < -0.4 is 31.3 Å². The van der Waals surface area contributed by atoms with Gasteiger partial charge in [-0.05, 0) is 272 Å². The molecule has 14 aromatic carbocycles. The van der Waals surface area contributed by atoms with Crippen LogP contribution in [0.25, 0.3) is 174 Å². The fourth-order valence-corrected chi connectivity index (χ4v) is 37.1. The van der Waals surface area contributed by atoms with E-state index in [-0.39, 0.29) is 0 Å². The molecule has 0 amide bonds. The van der Waals surface area contributed by atoms with Crippen LogP contribution in [0.4, 0.5) is 0 Å². The molecular formula is C135H99N9Si2. The van der Waals surface area contributed by atoms with Crippen molar-refractivity contribution in [3.63, 3.8) is 0 Å². The second-order valence-corrected chi connectivity index (χ2v) is 48.6. The molecule has 0 saturated heterocycles. The maximum absolute atomic E-state index is 4.65. The molecule has 21 heterocycles. The average Bonchev–Trinajstić information content (AvgIpc) is 1.40. The fraction of sp³-hybridized carbons (Fsp3) is 0.0889. The molecule has 0 radical (unpaired) electrons. The predicted octanol–water partition coefficient (Wildman–Crippen LogP) is 27.5. The molecule has 0 spiro atoms. The van der Waals surface area contributed by atoms with Crippen LogP contribution in [0.5, 0.6) is 0 Å². The number of hydrogen-bond donors (Lipinski definition) is 0. The largest absolute Gasteiger partial charge is 0.316 e. The first kappa shape index (κ1) is 84.3. The van der Waals surface area contributed by atoms with Crippen molar-refractivity contribution in [2.45, 2.75) is 77.3 Å². The number of hydrogen-bond acceptors (Lipinski definition) is 3. The highest BCUT2D eigenvalue weighted by Crippen LogP contribution is 2.45. The van der Waals surface area contributed by atoms with Gasteiger partial charge in [0.1, 0.15) is 0 Å². The fourth-order valence-electron chi connectivity index (χ4n) is 27.3. The summed E-state index contributed by atoms with van der Waals surface area (Å²) in [6.45, 7) is 4.45. The van der Waals surface area contributed by atoms with Gasteiger partial charge in [0.05, 0.1) is 77.4 Å². The van der Waals surface area contributed by atoms with Crippen molar-refractivity contribution in [2.24, 2.45) is 0 Å². The zero-order chi connectivity index (χ0) is 96.1. The molecule has 15 aromatic heterocycles. The minimum atomic E-state index is -2.23. The second kappa shape index (κ2) is 33.1. The van der Waals surface area contributed by atoms with Gasteiger partial charge in [0.15, 0.2) is 16.1 Å². The van der Waals surface area contributed by atoms with Crippen molar-refractivity contribution < 1.29 is 0 Å². The maximum atomic E-state index is 4.65. The van der Waals surface area contributed by atoms with Gasteiger partial charge in [-0.25, -0.2) is 0 Å². The van der Waals surface area contributed by atoms with Crippen molar-refractivity contribution in [3.05, 3.63) is 511 Å². The topological polar surface area (TPSA) is 65.1 Å². The first-order valence-corrected chi connectivity index (χ1v) is 56.2. The standard InChI is InChI=1S/2C29H21NSi.C26H21N.3C17H12N2/c1-3-11-22(12-4-1)31(23-13-5-2-6-14-23)20-21-10-9-17-26-24-15-7-8-16-25(24)27-18-19-28(31)30(27)29(21)26;1-3-10-22(11-4-1)31(23-12-5-2-6-13-23)20-21-18-19-27-25-15-8-7-14-24(25)26-16-9-17-28(31)29(26)30(21)27;1-16-6-5-7-17(2)25(16)19-14-18-10-11-20-12-13-24-22-9-4-3-8-21(22)23(15-19)26(18)27(20)24;1-2-4-13-12(3-1)14-9-10-18-15-7-5-11-6-8-16(13)19(11)17(14)15;1-2-4-14-13(3-1)15-10-18-9-11-5-6-12-7-8-16(14)19(12)17(11)15;1-2-4-14-13(3-1)15-8-7-12-6-5-11-9-10-18-16(14)17(11)19(12)15/h2*1-19H,20H2;3-9,12-15H,10-11H2,1-2H3;1-4,6,8-10H,5,7H2;2*1-4,7-10H,5-6H2. The minimum absolute atomic E-state index is 1.05. The highest BCUT2D eigenvalue weighted by molar-refractivity contribution is 7.12. The van der Waals surface area contributed by atoms with E-state index in [0.29, 0.717) is 0 Å². The highest BCUT2D eigenvalue weighted by Gasteiger charge is 2.47. The van der Waals surface area contributed by atoms with Gasteiger partial charge in [-0.3, -0.25) is 15.0 Å². The predicted molar refractivity (Wildman–Crippen MR) is 615 cm³/mol. The van der Waals surface area contributed by atoms with Crippen LogP contribution in [0.2, 0.25) is 0 Å². The zero-order valence-corrected chi connectivity index (χ0v) is 83.2. The first-order chi connectivity index (χ1) is 72.3. The normalized spacial score (nSPS) is 14.1. The van der Waals surface area contributed by atoms with E-state index < -0.39 is 16.1 Å². The van der Waals surface area contributed by atoms with Gasteiger partial charge in [0.25, 0.3) is 0 Å². The molecule has 692 valence electrons. The van der Waals surface area contributed by atoms with E-state index in [2.05, 4.69) is 474 Å². The molecular weight excluding hydrogens is 1800 g/mol. The average molecular weight is 1900 g/mol. The third kappa shape index (κ3) is 12.5. The molecule has 0 bridgehead atoms.